The van der Waals surface area contributed by atoms with Gasteiger partial charge in [-0.1, -0.05) is 5.92 Å². The molecule has 3 aliphatic rings. The van der Waals surface area contributed by atoms with Gasteiger partial charge in [0.25, 0.3) is 17.7 Å². The van der Waals surface area contributed by atoms with Gasteiger partial charge in [0, 0.05) is 35.2 Å². The van der Waals surface area contributed by atoms with Gasteiger partial charge in [-0.25, -0.2) is 33.1 Å². The molecule has 0 fully saturated rings. The number of carbonyl (C=O) groups is 6. The van der Waals surface area contributed by atoms with E-state index in [1.807, 2.05) is 5.32 Å². The van der Waals surface area contributed by atoms with Crippen LogP contribution in [0.15, 0.2) is 64.9 Å². The largest absolute Gasteiger partial charge is 0.778 e. The van der Waals surface area contributed by atoms with Crippen LogP contribution in [-0.2, 0) is 34.6 Å². The monoisotopic (exact) mass is 933 g/mol. The lowest BCUT2D eigenvalue weighted by Crippen LogP contribution is -2.39. The van der Waals surface area contributed by atoms with Crippen molar-refractivity contribution in [1.29, 1.82) is 0 Å². The van der Waals surface area contributed by atoms with Gasteiger partial charge in [-0.3, -0.25) is 34.4 Å². The number of ether oxygens (including phenoxy) is 1. The van der Waals surface area contributed by atoms with Crippen molar-refractivity contribution in [3.05, 3.63) is 88.5 Å². The first-order valence-corrected chi connectivity index (χ1v) is 22.8. The Morgan fingerprint density at radius 3 is 2.12 bits per heavy atom. The van der Waals surface area contributed by atoms with Crippen LogP contribution < -0.4 is 35.5 Å². The standard InChI is InChI=1S/C19H15FN2O4.C15H12F2N4O3.C3H8NO5P.C3H9S/c1-2-7-21-15-9-14(13(20)8-16(15)26-10-17(21)23)22-18(24)11-5-3-4-6-12(11)19(22)25;1-8(13-12(14(22)23)3-2-4-18-13)20-21-15(24)19-11-6-9(16)5-10(17)7-11;5-3(6)1-4-2-10(7,8)9;1-4(2)3/h1,8-9H,3-7,10H2;2-7H,1H3,(H,22,23)(H2,19,21,24);4H,1-2H2,(H,5,6)(H2,7,8,9);1-3H3/q;;;+1/p-1/b;20-8+;;. The molecule has 0 radical (unpaired) electrons. The van der Waals surface area contributed by atoms with Crippen molar-refractivity contribution >= 4 is 77.0 Å². The third-order valence-electron chi connectivity index (χ3n) is 8.27. The molecule has 6 N–H and O–H groups in total. The molecule has 0 saturated carbocycles. The van der Waals surface area contributed by atoms with E-state index in [1.165, 1.54) is 36.2 Å². The summed E-state index contributed by atoms with van der Waals surface area (Å²) in [6.45, 7) is 0.714. The summed E-state index contributed by atoms with van der Waals surface area (Å²) in [7, 11) is -3.71. The second-order valence-corrected chi connectivity index (χ2v) is 17.9. The lowest BCUT2D eigenvalue weighted by atomic mass is 9.93. The zero-order chi connectivity index (χ0) is 47.9. The van der Waals surface area contributed by atoms with Crippen LogP contribution in [0.3, 0.4) is 0 Å². The van der Waals surface area contributed by atoms with Crippen molar-refractivity contribution in [3.63, 3.8) is 0 Å². The van der Waals surface area contributed by atoms with Crippen LogP contribution in [0.1, 0.15) is 48.7 Å². The predicted molar refractivity (Wildman–Crippen MR) is 228 cm³/mol. The maximum absolute atomic E-state index is 14.7. The maximum atomic E-state index is 14.7. The molecule has 2 aliphatic heterocycles. The number of carboxylic acid groups (broad SMARTS) is 2. The van der Waals surface area contributed by atoms with Gasteiger partial charge in [-0.05, 0) is 73.8 Å². The number of imide groups is 1. The summed E-state index contributed by atoms with van der Waals surface area (Å²) in [6, 6.07) is 6.84. The highest BCUT2D eigenvalue weighted by molar-refractivity contribution is 7.94. The lowest BCUT2D eigenvalue weighted by Gasteiger charge is -2.29. The van der Waals surface area contributed by atoms with Crippen molar-refractivity contribution in [3.8, 4) is 18.1 Å². The topological polar surface area (TPSA) is 280 Å². The van der Waals surface area contributed by atoms with Gasteiger partial charge >= 0.3 is 18.0 Å². The molecule has 0 spiro atoms. The third-order valence-corrected chi connectivity index (χ3v) is 8.89. The highest BCUT2D eigenvalue weighted by atomic mass is 32.2. The van der Waals surface area contributed by atoms with Crippen molar-refractivity contribution in [2.75, 3.05) is 59.9 Å². The van der Waals surface area contributed by atoms with Crippen molar-refractivity contribution in [2.24, 2.45) is 5.10 Å². The Labute approximate surface area is 367 Å². The number of aromatic nitrogens is 1. The average Bonchev–Trinajstić information content (AvgIpc) is 3.45. The number of urea groups is 1. The fourth-order valence-corrected chi connectivity index (χ4v) is 6.14. The molecule has 1 aromatic heterocycles. The Balaban J connectivity index is 0.000000265. The molecule has 64 heavy (non-hydrogen) atoms. The molecule has 19 nitrogen and oxygen atoms in total. The number of hydrazone groups is 1. The Kier molecular flexibility index (Phi) is 19.2. The molecule has 6 rings (SSSR count). The summed E-state index contributed by atoms with van der Waals surface area (Å²) in [4.78, 5) is 94.0. The number of halogens is 3. The summed E-state index contributed by atoms with van der Waals surface area (Å²) in [5, 5.41) is 25.0. The number of aromatic carboxylic acids is 1. The van der Waals surface area contributed by atoms with Crippen molar-refractivity contribution in [1.82, 2.24) is 15.7 Å². The minimum atomic E-state index is -4.35. The number of fused-ring (bicyclic) bond motifs is 1. The Bertz CT molecular complexity index is 2390. The number of carbonyl (C=O) groups excluding carboxylic acids is 4. The van der Waals surface area contributed by atoms with Gasteiger partial charge in [0.15, 0.2) is 12.4 Å². The van der Waals surface area contributed by atoms with E-state index in [1.54, 1.807) is 0 Å². The van der Waals surface area contributed by atoms with E-state index in [0.717, 1.165) is 35.9 Å². The van der Waals surface area contributed by atoms with Crippen LogP contribution in [0, 0.1) is 29.8 Å². The number of amides is 5. The first-order chi connectivity index (χ1) is 30.0. The molecule has 2 aromatic carbocycles. The minimum Gasteiger partial charge on any atom is -0.778 e. The lowest BCUT2D eigenvalue weighted by molar-refractivity contribution is -0.193. The molecule has 1 unspecified atom stereocenters. The highest BCUT2D eigenvalue weighted by Gasteiger charge is 2.41. The SMILES string of the molecule is C#CCN1C(=O)COc2cc(F)c(N3C(=O)C4=C(CCCC4)C3=O)cc21.C/C(=N\NC(=O)Nc1cc(F)cc(F)c1)c1ncccc1C(=O)O.C[S+](C)C.O=C(O)CNCP(=O)([O-])O. The minimum absolute atomic E-state index is 0.0170. The van der Waals surface area contributed by atoms with Gasteiger partial charge in [-0.2, -0.15) is 5.10 Å². The van der Waals surface area contributed by atoms with Crippen LogP contribution in [0.4, 0.5) is 35.0 Å². The third kappa shape index (κ3) is 15.4. The van der Waals surface area contributed by atoms with Crippen LogP contribution in [0.5, 0.6) is 5.75 Å². The number of carboxylic acids is 2. The quantitative estimate of drug-likeness (QED) is 0.0426. The molecular formula is C40H43F3N7O12PS. The van der Waals surface area contributed by atoms with Gasteiger partial charge < -0.3 is 34.6 Å². The molecule has 3 heterocycles. The summed E-state index contributed by atoms with van der Waals surface area (Å²) in [5.41, 5.74) is 3.15. The van der Waals surface area contributed by atoms with Crippen LogP contribution in [0.25, 0.3) is 0 Å². The molecule has 24 heteroatoms. The van der Waals surface area contributed by atoms with Crippen molar-refractivity contribution in [2.45, 2.75) is 32.6 Å². The van der Waals surface area contributed by atoms with Gasteiger partial charge in [0.2, 0.25) is 0 Å². The smallest absolute Gasteiger partial charge is 0.339 e. The van der Waals surface area contributed by atoms with Gasteiger partial charge in [-0.15, -0.1) is 6.42 Å². The number of hydrogen-bond donors (Lipinski definition) is 6. The predicted octanol–water partition coefficient (Wildman–Crippen LogP) is 3.19. The Morgan fingerprint density at radius 1 is 1.00 bits per heavy atom. The molecule has 3 aromatic rings. The number of rotatable bonds is 10. The first kappa shape index (κ1) is 51.8. The Morgan fingerprint density at radius 2 is 1.59 bits per heavy atom. The summed E-state index contributed by atoms with van der Waals surface area (Å²) in [6.07, 6.45) is 15.3. The number of anilines is 3. The van der Waals surface area contributed by atoms with Crippen LogP contribution >= 0.6 is 7.60 Å². The van der Waals surface area contributed by atoms with E-state index in [9.17, 15) is 51.4 Å². The van der Waals surface area contributed by atoms with E-state index in [4.69, 9.17) is 26.3 Å². The van der Waals surface area contributed by atoms with E-state index < -0.39 is 67.7 Å². The number of hydrogen-bond acceptors (Lipinski definition) is 12. The zero-order valence-corrected chi connectivity index (χ0v) is 36.4. The molecule has 0 saturated heterocycles. The number of nitrogens with zero attached hydrogens (tertiary/aromatic N) is 4. The van der Waals surface area contributed by atoms with E-state index in [2.05, 4.69) is 45.5 Å². The van der Waals surface area contributed by atoms with Crippen LogP contribution in [-0.4, -0.2) is 106 Å². The molecule has 0 bridgehead atoms. The summed E-state index contributed by atoms with van der Waals surface area (Å²) in [5.74, 6) is -3.64. The summed E-state index contributed by atoms with van der Waals surface area (Å²) >= 11 is 0. The fraction of sp³-hybridized carbons (Fsp3) is 0.300. The first-order valence-electron chi connectivity index (χ1n) is 18.6. The molecule has 342 valence electrons. The number of terminal acetylenes is 1. The van der Waals surface area contributed by atoms with Gasteiger partial charge in [0.05, 0.1) is 60.8 Å². The summed E-state index contributed by atoms with van der Waals surface area (Å²) < 4.78 is 55.9. The number of pyridine rings is 1. The molecule has 1 aliphatic carbocycles. The average molecular weight is 934 g/mol. The number of benzene rings is 2. The maximum Gasteiger partial charge on any atom is 0.339 e. The molecule has 1 atom stereocenters. The Hall–Kier alpha value is -6.57. The molecule has 5 amide bonds. The highest BCUT2D eigenvalue weighted by Crippen LogP contribution is 2.41. The number of nitrogens with one attached hydrogen (secondary N) is 3. The van der Waals surface area contributed by atoms with Crippen molar-refractivity contribution < 1.29 is 71.2 Å². The number of aliphatic carboxylic acids is 1. The van der Waals surface area contributed by atoms with E-state index >= 15 is 0 Å². The normalized spacial score (nSPS) is 15.1. The van der Waals surface area contributed by atoms with Gasteiger partial charge in [0.1, 0.15) is 30.7 Å². The fourth-order valence-electron chi connectivity index (χ4n) is 5.75. The van der Waals surface area contributed by atoms with E-state index in [0.29, 0.717) is 40.9 Å². The second kappa shape index (κ2) is 23.8. The zero-order valence-electron chi connectivity index (χ0n) is 34.6. The van der Waals surface area contributed by atoms with E-state index in [-0.39, 0.29) is 58.8 Å². The molecular weight excluding hydrogens is 891 g/mol. The second-order valence-electron chi connectivity index (χ2n) is 13.8. The van der Waals surface area contributed by atoms with Crippen LogP contribution in [0.2, 0.25) is 0 Å².